The highest BCUT2D eigenvalue weighted by Gasteiger charge is 2.18. The summed E-state index contributed by atoms with van der Waals surface area (Å²) in [6.07, 6.45) is 6.32. The zero-order valence-corrected chi connectivity index (χ0v) is 20.1. The number of nitrogens with two attached hydrogens (primary N) is 1. The maximum atomic E-state index is 12.9. The molecule has 0 saturated carbocycles. The molecule has 0 bridgehead atoms. The number of aryl methyl sites for hydroxylation is 2. The number of carbonyl (C=O) groups is 2. The fraction of sp³-hybridized carbons (Fsp3) is 0.222. The van der Waals surface area contributed by atoms with Crippen LogP contribution < -0.4 is 16.5 Å². The number of likely N-dealkylation sites (N-methyl/N-ethyl adjacent to an activating group) is 1. The molecule has 0 aliphatic heterocycles. The first-order valence-corrected chi connectivity index (χ1v) is 11.7. The number of hydrogen-bond acceptors (Lipinski definition) is 6. The number of benzene rings is 2. The van der Waals surface area contributed by atoms with Crippen molar-refractivity contribution in [2.45, 2.75) is 25.7 Å². The molecule has 2 heterocycles. The van der Waals surface area contributed by atoms with E-state index in [1.54, 1.807) is 23.6 Å². The summed E-state index contributed by atoms with van der Waals surface area (Å²) in [5, 5.41) is 3.36. The molecule has 0 fully saturated rings. The molecule has 9 heteroatoms. The lowest BCUT2D eigenvalue weighted by Gasteiger charge is -2.14. The zero-order valence-electron chi connectivity index (χ0n) is 20.1. The van der Waals surface area contributed by atoms with Gasteiger partial charge in [-0.2, -0.15) is 4.98 Å². The second-order valence-electron chi connectivity index (χ2n) is 9.13. The SMILES string of the molecule is CN(C)C(=O)Cc1ccc(Nc2ncc3c(=O)c(C(N)=O)cn(-c4ccc5c(c4)CCC5)c3n2)cc1. The molecule has 1 aliphatic rings. The van der Waals surface area contributed by atoms with E-state index in [0.717, 1.165) is 36.2 Å². The van der Waals surface area contributed by atoms with Gasteiger partial charge in [-0.3, -0.25) is 14.4 Å². The summed E-state index contributed by atoms with van der Waals surface area (Å²) in [6, 6.07) is 13.5. The summed E-state index contributed by atoms with van der Waals surface area (Å²) in [7, 11) is 3.45. The number of pyridine rings is 1. The average Bonchev–Trinajstić information content (AvgIpc) is 3.33. The van der Waals surface area contributed by atoms with Crippen LogP contribution in [0.3, 0.4) is 0 Å². The van der Waals surface area contributed by atoms with Crippen LogP contribution in [0.2, 0.25) is 0 Å². The van der Waals surface area contributed by atoms with Crippen molar-refractivity contribution >= 4 is 34.5 Å². The van der Waals surface area contributed by atoms with E-state index < -0.39 is 11.3 Å². The minimum Gasteiger partial charge on any atom is -0.365 e. The van der Waals surface area contributed by atoms with Crippen molar-refractivity contribution in [3.8, 4) is 5.69 Å². The Bertz CT molecular complexity index is 1560. The fourth-order valence-electron chi connectivity index (χ4n) is 4.42. The topological polar surface area (TPSA) is 123 Å². The molecule has 0 saturated heterocycles. The Morgan fingerprint density at radius 1 is 1.08 bits per heavy atom. The van der Waals surface area contributed by atoms with Gasteiger partial charge in [0.2, 0.25) is 17.3 Å². The molecule has 182 valence electrons. The normalized spacial score (nSPS) is 12.4. The second kappa shape index (κ2) is 9.26. The molecule has 4 aromatic rings. The summed E-state index contributed by atoms with van der Waals surface area (Å²) in [5.74, 6) is -0.485. The molecule has 0 radical (unpaired) electrons. The van der Waals surface area contributed by atoms with E-state index in [2.05, 4.69) is 27.4 Å². The van der Waals surface area contributed by atoms with Crippen molar-refractivity contribution < 1.29 is 9.59 Å². The zero-order chi connectivity index (χ0) is 25.4. The second-order valence-corrected chi connectivity index (χ2v) is 9.13. The van der Waals surface area contributed by atoms with Crippen LogP contribution in [0.25, 0.3) is 16.7 Å². The maximum Gasteiger partial charge on any atom is 0.254 e. The van der Waals surface area contributed by atoms with E-state index in [-0.39, 0.29) is 16.9 Å². The van der Waals surface area contributed by atoms with Gasteiger partial charge >= 0.3 is 0 Å². The first kappa shape index (κ1) is 23.2. The van der Waals surface area contributed by atoms with Crippen LogP contribution in [-0.2, 0) is 24.1 Å². The van der Waals surface area contributed by atoms with Gasteiger partial charge < -0.3 is 20.5 Å². The number of nitrogens with one attached hydrogen (secondary N) is 1. The Morgan fingerprint density at radius 3 is 2.56 bits per heavy atom. The van der Waals surface area contributed by atoms with Gasteiger partial charge in [0.1, 0.15) is 5.56 Å². The summed E-state index contributed by atoms with van der Waals surface area (Å²) < 4.78 is 1.72. The molecule has 0 spiro atoms. The summed E-state index contributed by atoms with van der Waals surface area (Å²) in [5.41, 5.74) is 10.2. The van der Waals surface area contributed by atoms with E-state index in [4.69, 9.17) is 5.73 Å². The van der Waals surface area contributed by atoms with E-state index in [9.17, 15) is 14.4 Å². The number of fused-ring (bicyclic) bond motifs is 2. The minimum atomic E-state index is -0.799. The maximum absolute atomic E-state index is 12.9. The lowest BCUT2D eigenvalue weighted by atomic mass is 10.1. The first-order valence-electron chi connectivity index (χ1n) is 11.7. The molecule has 0 atom stereocenters. The van der Waals surface area contributed by atoms with Gasteiger partial charge in [0.05, 0.1) is 11.8 Å². The number of rotatable bonds is 6. The number of hydrogen-bond donors (Lipinski definition) is 2. The van der Waals surface area contributed by atoms with Crippen LogP contribution >= 0.6 is 0 Å². The molecule has 2 aromatic carbocycles. The number of aromatic nitrogens is 3. The van der Waals surface area contributed by atoms with Crippen LogP contribution in [0.1, 0.15) is 33.5 Å². The van der Waals surface area contributed by atoms with Gasteiger partial charge in [-0.1, -0.05) is 18.2 Å². The molecule has 2 amide bonds. The number of primary amides is 1. The van der Waals surface area contributed by atoms with E-state index >= 15 is 0 Å². The largest absolute Gasteiger partial charge is 0.365 e. The first-order chi connectivity index (χ1) is 17.3. The van der Waals surface area contributed by atoms with Crippen molar-refractivity contribution in [3.63, 3.8) is 0 Å². The predicted molar refractivity (Wildman–Crippen MR) is 138 cm³/mol. The third-order valence-corrected chi connectivity index (χ3v) is 6.43. The highest BCUT2D eigenvalue weighted by atomic mass is 16.2. The molecular weight excluding hydrogens is 456 g/mol. The van der Waals surface area contributed by atoms with E-state index in [1.807, 2.05) is 30.3 Å². The van der Waals surface area contributed by atoms with Crippen LogP contribution in [0.5, 0.6) is 0 Å². The van der Waals surface area contributed by atoms with Crippen molar-refractivity contribution in [1.82, 2.24) is 19.4 Å². The lowest BCUT2D eigenvalue weighted by Crippen LogP contribution is -2.24. The summed E-state index contributed by atoms with van der Waals surface area (Å²) in [4.78, 5) is 47.4. The Kier molecular flexibility index (Phi) is 5.97. The van der Waals surface area contributed by atoms with E-state index in [1.165, 1.54) is 23.5 Å². The molecule has 9 nitrogen and oxygen atoms in total. The number of amides is 2. The van der Waals surface area contributed by atoms with E-state index in [0.29, 0.717) is 18.0 Å². The molecule has 0 unspecified atom stereocenters. The fourth-order valence-corrected chi connectivity index (χ4v) is 4.42. The highest BCUT2D eigenvalue weighted by Crippen LogP contribution is 2.26. The van der Waals surface area contributed by atoms with Crippen molar-refractivity contribution in [2.24, 2.45) is 5.73 Å². The Hall–Kier alpha value is -4.53. The molecule has 36 heavy (non-hydrogen) atoms. The summed E-state index contributed by atoms with van der Waals surface area (Å²) >= 11 is 0. The van der Waals surface area contributed by atoms with Gasteiger partial charge in [-0.15, -0.1) is 0 Å². The minimum absolute atomic E-state index is 0.0217. The van der Waals surface area contributed by atoms with Crippen LogP contribution in [-0.4, -0.2) is 45.3 Å². The smallest absolute Gasteiger partial charge is 0.254 e. The molecule has 3 N–H and O–H groups in total. The monoisotopic (exact) mass is 482 g/mol. The molecule has 1 aliphatic carbocycles. The Labute approximate surface area is 207 Å². The third-order valence-electron chi connectivity index (χ3n) is 6.43. The average molecular weight is 483 g/mol. The van der Waals surface area contributed by atoms with Gasteiger partial charge in [0.25, 0.3) is 5.91 Å². The van der Waals surface area contributed by atoms with Gasteiger partial charge in [-0.05, 0) is 60.2 Å². The van der Waals surface area contributed by atoms with Crippen molar-refractivity contribution in [3.05, 3.63) is 87.3 Å². The van der Waals surface area contributed by atoms with Crippen molar-refractivity contribution in [1.29, 1.82) is 0 Å². The van der Waals surface area contributed by atoms with Crippen LogP contribution in [0, 0.1) is 0 Å². The van der Waals surface area contributed by atoms with Gasteiger partial charge in [0, 0.05) is 37.9 Å². The molecule has 2 aromatic heterocycles. The quantitative estimate of drug-likeness (QED) is 0.436. The number of carbonyl (C=O) groups excluding carboxylic acids is 2. The Balaban J connectivity index is 1.54. The predicted octanol–water partition coefficient (Wildman–Crippen LogP) is 2.74. The number of nitrogens with zero attached hydrogens (tertiary/aromatic N) is 4. The summed E-state index contributed by atoms with van der Waals surface area (Å²) in [6.45, 7) is 0. The lowest BCUT2D eigenvalue weighted by molar-refractivity contribution is -0.127. The number of anilines is 2. The van der Waals surface area contributed by atoms with Crippen LogP contribution in [0.4, 0.5) is 11.6 Å². The Morgan fingerprint density at radius 2 is 1.83 bits per heavy atom. The standard InChI is InChI=1S/C27H26N6O3/c1-32(2)23(34)12-16-6-9-19(10-7-16)30-27-29-14-21-24(35)22(25(28)36)15-33(26(21)31-27)20-11-8-17-4-3-5-18(17)13-20/h6-11,13-15H,3-5,12H2,1-2H3,(H2,28,36)(H,29,30,31). The third kappa shape index (κ3) is 4.43. The highest BCUT2D eigenvalue weighted by molar-refractivity contribution is 5.96. The van der Waals surface area contributed by atoms with Gasteiger partial charge in [0.15, 0.2) is 5.65 Å². The molecule has 5 rings (SSSR count). The van der Waals surface area contributed by atoms with Gasteiger partial charge in [-0.25, -0.2) is 4.98 Å². The molecular formula is C27H26N6O3. The van der Waals surface area contributed by atoms with Crippen LogP contribution in [0.15, 0.2) is 59.7 Å². The van der Waals surface area contributed by atoms with Crippen molar-refractivity contribution in [2.75, 3.05) is 19.4 Å².